The van der Waals surface area contributed by atoms with Gasteiger partial charge in [0, 0.05) is 43.9 Å². The Labute approximate surface area is 318 Å². The molecule has 0 fully saturated rings. The Kier molecular flexibility index (Phi) is 7.17. The third kappa shape index (κ3) is 4.98. The third-order valence-corrected chi connectivity index (χ3v) is 11.0. The summed E-state index contributed by atoms with van der Waals surface area (Å²) in [6.45, 7) is 0. The summed E-state index contributed by atoms with van der Waals surface area (Å²) in [4.78, 5) is 2.42. The second kappa shape index (κ2) is 12.6. The van der Waals surface area contributed by atoms with Gasteiger partial charge in [-0.3, -0.25) is 0 Å². The van der Waals surface area contributed by atoms with Crippen LogP contribution in [0.3, 0.4) is 0 Å². The van der Waals surface area contributed by atoms with Gasteiger partial charge < -0.3 is 13.9 Å². The topological polar surface area (TPSA) is 21.3 Å². The fourth-order valence-electron chi connectivity index (χ4n) is 8.56. The van der Waals surface area contributed by atoms with Gasteiger partial charge in [-0.15, -0.1) is 0 Å². The molecule has 0 bridgehead atoms. The van der Waals surface area contributed by atoms with Crippen LogP contribution in [0.2, 0.25) is 0 Å². The Hall–Kier alpha value is -7.36. The van der Waals surface area contributed by atoms with Gasteiger partial charge in [0.05, 0.1) is 28.1 Å². The van der Waals surface area contributed by atoms with Crippen LogP contribution in [0.1, 0.15) is 0 Å². The van der Waals surface area contributed by atoms with E-state index in [0.717, 1.165) is 66.8 Å². The second-order valence-corrected chi connectivity index (χ2v) is 14.1. The van der Waals surface area contributed by atoms with Crippen LogP contribution in [0.15, 0.2) is 211 Å². The number of hydrogen-bond acceptors (Lipinski definition) is 2. The molecule has 9 aromatic carbocycles. The molecule has 0 saturated carbocycles. The molecule has 3 nitrogen and oxygen atoms in total. The first-order valence-electron chi connectivity index (χ1n) is 18.8. The number of rotatable bonds is 6. The first-order chi connectivity index (χ1) is 27.3. The smallest absolute Gasteiger partial charge is 0.143 e. The molecule has 55 heavy (non-hydrogen) atoms. The highest BCUT2D eigenvalue weighted by atomic mass is 16.3. The predicted molar refractivity (Wildman–Crippen MR) is 231 cm³/mol. The number of hydrogen-bond donors (Lipinski definition) is 0. The first kappa shape index (κ1) is 31.2. The highest BCUT2D eigenvalue weighted by Crippen LogP contribution is 2.48. The second-order valence-electron chi connectivity index (χ2n) is 14.1. The van der Waals surface area contributed by atoms with Crippen molar-refractivity contribution in [1.29, 1.82) is 0 Å². The fraction of sp³-hybridized carbons (Fsp3) is 0. The zero-order valence-electron chi connectivity index (χ0n) is 29.9. The molecule has 11 rings (SSSR count). The Morgan fingerprint density at radius 3 is 1.95 bits per heavy atom. The van der Waals surface area contributed by atoms with E-state index in [1.807, 2.05) is 6.07 Å². The van der Waals surface area contributed by atoms with E-state index in [1.165, 1.54) is 32.7 Å². The van der Waals surface area contributed by atoms with Crippen LogP contribution in [0.5, 0.6) is 0 Å². The van der Waals surface area contributed by atoms with Crippen LogP contribution in [-0.4, -0.2) is 4.57 Å². The normalized spacial score (nSPS) is 11.6. The summed E-state index contributed by atoms with van der Waals surface area (Å²) >= 11 is 0. The fourth-order valence-corrected chi connectivity index (χ4v) is 8.56. The molecule has 3 heteroatoms. The number of fused-ring (bicyclic) bond motifs is 7. The largest absolute Gasteiger partial charge is 0.455 e. The van der Waals surface area contributed by atoms with Gasteiger partial charge in [0.25, 0.3) is 0 Å². The molecule has 0 saturated heterocycles. The molecule has 0 aliphatic carbocycles. The zero-order valence-corrected chi connectivity index (χ0v) is 29.9. The molecule has 0 unspecified atom stereocenters. The standard InChI is InChI=1S/C52H34N2O/c1-2-18-38(19-3-1)53(46-27-11-7-21-40(46)42-24-14-25-43-41-22-9-13-31-50(41)55-52(42)43)48-29-15-30-49-51(48)44-23-8-12-28-47(44)54(49)45-26-10-6-20-39(45)37-33-32-35-16-4-5-17-36(35)34-37/h1-34H. The molecule has 258 valence electrons. The maximum Gasteiger partial charge on any atom is 0.143 e. The van der Waals surface area contributed by atoms with Crippen molar-refractivity contribution in [3.63, 3.8) is 0 Å². The van der Waals surface area contributed by atoms with Crippen LogP contribution < -0.4 is 4.90 Å². The van der Waals surface area contributed by atoms with Crippen LogP contribution in [0.25, 0.3) is 82.5 Å². The summed E-state index contributed by atoms with van der Waals surface area (Å²) in [5.74, 6) is 0. The minimum Gasteiger partial charge on any atom is -0.455 e. The van der Waals surface area contributed by atoms with Crippen molar-refractivity contribution in [1.82, 2.24) is 4.57 Å². The Morgan fingerprint density at radius 2 is 1.04 bits per heavy atom. The van der Waals surface area contributed by atoms with Crippen LogP contribution in [0.4, 0.5) is 17.1 Å². The molecular weight excluding hydrogens is 669 g/mol. The number of benzene rings is 9. The Bertz CT molecular complexity index is 3220. The van der Waals surface area contributed by atoms with Crippen molar-refractivity contribution < 1.29 is 4.42 Å². The lowest BCUT2D eigenvalue weighted by molar-refractivity contribution is 0.670. The highest BCUT2D eigenvalue weighted by molar-refractivity contribution is 6.18. The molecule has 2 aromatic heterocycles. The first-order valence-corrected chi connectivity index (χ1v) is 18.8. The van der Waals surface area contributed by atoms with Crippen molar-refractivity contribution in [2.45, 2.75) is 0 Å². The Morgan fingerprint density at radius 1 is 0.400 bits per heavy atom. The summed E-state index contributed by atoms with van der Waals surface area (Å²) in [6, 6.07) is 73.9. The number of nitrogens with zero attached hydrogens (tertiary/aromatic N) is 2. The molecule has 2 heterocycles. The van der Waals surface area contributed by atoms with Gasteiger partial charge >= 0.3 is 0 Å². The maximum atomic E-state index is 6.61. The van der Waals surface area contributed by atoms with Gasteiger partial charge in [0.1, 0.15) is 11.2 Å². The van der Waals surface area contributed by atoms with E-state index in [4.69, 9.17) is 4.42 Å². The van der Waals surface area contributed by atoms with E-state index in [1.54, 1.807) is 0 Å². The van der Waals surface area contributed by atoms with E-state index in [9.17, 15) is 0 Å². The summed E-state index contributed by atoms with van der Waals surface area (Å²) in [6.07, 6.45) is 0. The summed E-state index contributed by atoms with van der Waals surface area (Å²) in [5, 5.41) is 7.09. The Balaban J connectivity index is 1.18. The van der Waals surface area contributed by atoms with Crippen LogP contribution in [-0.2, 0) is 0 Å². The molecule has 0 N–H and O–H groups in total. The number of furan rings is 1. The van der Waals surface area contributed by atoms with E-state index < -0.39 is 0 Å². The monoisotopic (exact) mass is 702 g/mol. The van der Waals surface area contributed by atoms with Crippen molar-refractivity contribution >= 4 is 71.6 Å². The van der Waals surface area contributed by atoms with E-state index in [0.29, 0.717) is 0 Å². The summed E-state index contributed by atoms with van der Waals surface area (Å²) < 4.78 is 9.06. The number of aromatic nitrogens is 1. The third-order valence-electron chi connectivity index (χ3n) is 11.0. The molecule has 0 spiro atoms. The molecule has 0 aliphatic rings. The van der Waals surface area contributed by atoms with Gasteiger partial charge in [-0.1, -0.05) is 152 Å². The summed E-state index contributed by atoms with van der Waals surface area (Å²) in [5.41, 5.74) is 13.0. The van der Waals surface area contributed by atoms with Gasteiger partial charge in [-0.2, -0.15) is 0 Å². The van der Waals surface area contributed by atoms with Crippen LogP contribution in [0, 0.1) is 0 Å². The average molecular weight is 703 g/mol. The van der Waals surface area contributed by atoms with Gasteiger partial charge in [0.15, 0.2) is 0 Å². The predicted octanol–water partition coefficient (Wildman–Crippen LogP) is 14.6. The summed E-state index contributed by atoms with van der Waals surface area (Å²) in [7, 11) is 0. The van der Waals surface area contributed by atoms with Crippen molar-refractivity contribution in [3.8, 4) is 27.9 Å². The number of para-hydroxylation sites is 6. The maximum absolute atomic E-state index is 6.61. The van der Waals surface area contributed by atoms with Crippen molar-refractivity contribution in [2.24, 2.45) is 0 Å². The van der Waals surface area contributed by atoms with E-state index in [2.05, 4.69) is 210 Å². The van der Waals surface area contributed by atoms with Crippen LogP contribution >= 0.6 is 0 Å². The van der Waals surface area contributed by atoms with Gasteiger partial charge in [0.2, 0.25) is 0 Å². The average Bonchev–Trinajstić information content (AvgIpc) is 3.81. The molecular formula is C52H34N2O. The molecule has 11 aromatic rings. The highest BCUT2D eigenvalue weighted by Gasteiger charge is 2.24. The SMILES string of the molecule is c1ccc(N(c2ccccc2-c2cccc3c2oc2ccccc23)c2cccc3c2c2ccccc2n3-c2ccccc2-c2ccc3ccccc3c2)cc1. The van der Waals surface area contributed by atoms with E-state index in [-0.39, 0.29) is 0 Å². The lowest BCUT2D eigenvalue weighted by Gasteiger charge is -2.28. The van der Waals surface area contributed by atoms with Gasteiger partial charge in [-0.05, 0) is 70.9 Å². The van der Waals surface area contributed by atoms with E-state index >= 15 is 0 Å². The lowest BCUT2D eigenvalue weighted by Crippen LogP contribution is -2.11. The van der Waals surface area contributed by atoms with Crippen molar-refractivity contribution in [2.75, 3.05) is 4.90 Å². The molecule has 0 atom stereocenters. The molecule has 0 aliphatic heterocycles. The minimum atomic E-state index is 0.892. The number of anilines is 3. The zero-order chi connectivity index (χ0) is 36.3. The quantitative estimate of drug-likeness (QED) is 0.172. The van der Waals surface area contributed by atoms with Gasteiger partial charge in [-0.25, -0.2) is 0 Å². The molecule has 0 amide bonds. The van der Waals surface area contributed by atoms with Crippen molar-refractivity contribution in [3.05, 3.63) is 206 Å². The molecule has 0 radical (unpaired) electrons. The minimum absolute atomic E-state index is 0.892. The lowest BCUT2D eigenvalue weighted by atomic mass is 9.98.